The smallest absolute Gasteiger partial charge is 0.258 e. The quantitative estimate of drug-likeness (QED) is 0.716. The first-order valence-electron chi connectivity index (χ1n) is 6.81. The molecule has 0 aliphatic carbocycles. The lowest BCUT2D eigenvalue weighted by molar-refractivity contribution is 0.575. The number of rotatable bonds is 7. The lowest BCUT2D eigenvalue weighted by Crippen LogP contribution is -2.25. The van der Waals surface area contributed by atoms with Crippen molar-refractivity contribution < 1.29 is 8.42 Å². The van der Waals surface area contributed by atoms with Gasteiger partial charge in [0.05, 0.1) is 6.20 Å². The maximum atomic E-state index is 12.3. The number of hydrogen-bond donors (Lipinski definition) is 3. The minimum Gasteiger partial charge on any atom is -0.316 e. The molecular formula is C14H20N4O2S. The molecule has 1 heterocycles. The van der Waals surface area contributed by atoms with E-state index in [1.165, 1.54) is 11.8 Å². The number of sulfonamides is 1. The van der Waals surface area contributed by atoms with E-state index in [0.29, 0.717) is 12.1 Å². The Morgan fingerprint density at radius 3 is 2.43 bits per heavy atom. The van der Waals surface area contributed by atoms with E-state index in [4.69, 9.17) is 0 Å². The summed E-state index contributed by atoms with van der Waals surface area (Å²) in [6, 6.07) is 7.88. The van der Waals surface area contributed by atoms with Crippen LogP contribution >= 0.6 is 0 Å². The van der Waals surface area contributed by atoms with E-state index in [1.807, 2.05) is 24.3 Å². The van der Waals surface area contributed by atoms with Crippen LogP contribution in [0.3, 0.4) is 0 Å². The lowest BCUT2D eigenvalue weighted by Gasteiger charge is -2.07. The predicted molar refractivity (Wildman–Crippen MR) is 81.2 cm³/mol. The van der Waals surface area contributed by atoms with Gasteiger partial charge in [-0.15, -0.1) is 0 Å². The minimum absolute atomic E-state index is 0.113. The highest BCUT2D eigenvalue weighted by molar-refractivity contribution is 7.89. The molecule has 0 atom stereocenters. The number of benzene rings is 1. The van der Waals surface area contributed by atoms with Gasteiger partial charge in [0.15, 0.2) is 5.03 Å². The Balaban J connectivity index is 2.08. The van der Waals surface area contributed by atoms with E-state index < -0.39 is 10.0 Å². The first-order chi connectivity index (χ1) is 10.1. The molecule has 0 radical (unpaired) electrons. The number of aromatic amines is 1. The van der Waals surface area contributed by atoms with Crippen molar-refractivity contribution in [3.63, 3.8) is 0 Å². The second-order valence-corrected chi connectivity index (χ2v) is 6.45. The second kappa shape index (κ2) is 6.84. The van der Waals surface area contributed by atoms with Crippen molar-refractivity contribution in [2.45, 2.75) is 31.5 Å². The molecule has 0 spiro atoms. The molecule has 2 rings (SSSR count). The molecular weight excluding hydrogens is 288 g/mol. The van der Waals surface area contributed by atoms with Crippen molar-refractivity contribution in [2.24, 2.45) is 0 Å². The Kier molecular flexibility index (Phi) is 5.11. The van der Waals surface area contributed by atoms with Gasteiger partial charge in [-0.3, -0.25) is 5.10 Å². The summed E-state index contributed by atoms with van der Waals surface area (Å²) in [6.45, 7) is 2.78. The molecule has 0 aliphatic heterocycles. The molecule has 0 saturated heterocycles. The number of nitrogens with one attached hydrogen (secondary N) is 3. The van der Waals surface area contributed by atoms with Gasteiger partial charge in [0.1, 0.15) is 0 Å². The third-order valence-corrected chi connectivity index (χ3v) is 4.63. The summed E-state index contributed by atoms with van der Waals surface area (Å²) in [5.41, 5.74) is 2.77. The largest absolute Gasteiger partial charge is 0.316 e. The Bertz CT molecular complexity index is 677. The highest BCUT2D eigenvalue weighted by atomic mass is 32.2. The van der Waals surface area contributed by atoms with Crippen LogP contribution in [0.4, 0.5) is 0 Å². The van der Waals surface area contributed by atoms with Gasteiger partial charge >= 0.3 is 0 Å². The van der Waals surface area contributed by atoms with Crippen molar-refractivity contribution in [2.75, 3.05) is 7.05 Å². The summed E-state index contributed by atoms with van der Waals surface area (Å²) in [4.78, 5) is 0. The monoisotopic (exact) mass is 308 g/mol. The van der Waals surface area contributed by atoms with Gasteiger partial charge in [0.2, 0.25) is 0 Å². The molecule has 0 saturated carbocycles. The first-order valence-corrected chi connectivity index (χ1v) is 8.29. The molecule has 6 nitrogen and oxygen atoms in total. The van der Waals surface area contributed by atoms with Gasteiger partial charge in [-0.25, -0.2) is 13.1 Å². The average molecular weight is 308 g/mol. The van der Waals surface area contributed by atoms with Gasteiger partial charge in [-0.1, -0.05) is 31.2 Å². The Hall–Kier alpha value is -1.70. The zero-order chi connectivity index (χ0) is 15.3. The van der Waals surface area contributed by atoms with Crippen LogP contribution in [0.25, 0.3) is 0 Å². The standard InChI is InChI=1S/C14H20N4O2S/c1-3-11-4-6-12(7-5-11)8-17-21(19,20)14-13(9-15-2)10-16-18-14/h4-7,10,15,17H,3,8-9H2,1-2H3,(H,16,18). The van der Waals surface area contributed by atoms with Gasteiger partial charge in [-0.2, -0.15) is 5.10 Å². The van der Waals surface area contributed by atoms with Crippen LogP contribution in [0, 0.1) is 0 Å². The summed E-state index contributed by atoms with van der Waals surface area (Å²) < 4.78 is 27.1. The highest BCUT2D eigenvalue weighted by Crippen LogP contribution is 2.12. The fourth-order valence-electron chi connectivity index (χ4n) is 1.99. The third kappa shape index (κ3) is 3.90. The molecule has 21 heavy (non-hydrogen) atoms. The molecule has 0 bridgehead atoms. The topological polar surface area (TPSA) is 86.9 Å². The van der Waals surface area contributed by atoms with Crippen molar-refractivity contribution in [1.29, 1.82) is 0 Å². The van der Waals surface area contributed by atoms with Gasteiger partial charge in [0.25, 0.3) is 10.0 Å². The summed E-state index contributed by atoms with van der Waals surface area (Å²) in [5, 5.41) is 9.38. The van der Waals surface area contributed by atoms with Gasteiger partial charge < -0.3 is 5.32 Å². The molecule has 0 amide bonds. The molecule has 0 unspecified atom stereocenters. The van der Waals surface area contributed by atoms with E-state index in [0.717, 1.165) is 12.0 Å². The van der Waals surface area contributed by atoms with Gasteiger partial charge in [-0.05, 0) is 24.6 Å². The maximum absolute atomic E-state index is 12.3. The molecule has 114 valence electrons. The number of aryl methyl sites for hydroxylation is 1. The maximum Gasteiger partial charge on any atom is 0.258 e. The summed E-state index contributed by atoms with van der Waals surface area (Å²) >= 11 is 0. The number of aromatic nitrogens is 2. The van der Waals surface area contributed by atoms with Crippen molar-refractivity contribution >= 4 is 10.0 Å². The van der Waals surface area contributed by atoms with Crippen molar-refractivity contribution in [3.05, 3.63) is 47.2 Å². The normalized spacial score (nSPS) is 11.7. The fraction of sp³-hybridized carbons (Fsp3) is 0.357. The van der Waals surface area contributed by atoms with E-state index in [2.05, 4.69) is 27.2 Å². The van der Waals surface area contributed by atoms with Crippen molar-refractivity contribution in [1.82, 2.24) is 20.2 Å². The molecule has 1 aromatic heterocycles. The lowest BCUT2D eigenvalue weighted by atomic mass is 10.1. The predicted octanol–water partition coefficient (Wildman–Crippen LogP) is 1.17. The van der Waals surface area contributed by atoms with E-state index >= 15 is 0 Å². The minimum atomic E-state index is -3.59. The molecule has 1 aromatic carbocycles. The second-order valence-electron chi connectivity index (χ2n) is 4.75. The van der Waals surface area contributed by atoms with Crippen LogP contribution in [0.15, 0.2) is 35.5 Å². The summed E-state index contributed by atoms with van der Waals surface area (Å²) in [6.07, 6.45) is 2.48. The first kappa shape index (κ1) is 15.7. The van der Waals surface area contributed by atoms with Crippen LogP contribution in [0.2, 0.25) is 0 Å². The Morgan fingerprint density at radius 1 is 1.14 bits per heavy atom. The SMILES string of the molecule is CCc1ccc(CNS(=O)(=O)c2[nH]ncc2CNC)cc1. The number of H-pyrrole nitrogens is 1. The Morgan fingerprint density at radius 2 is 1.81 bits per heavy atom. The zero-order valence-electron chi connectivity index (χ0n) is 12.2. The molecule has 2 aromatic rings. The zero-order valence-corrected chi connectivity index (χ0v) is 13.0. The van der Waals surface area contributed by atoms with E-state index in [9.17, 15) is 8.42 Å². The summed E-state index contributed by atoms with van der Waals surface area (Å²) in [7, 11) is -1.84. The summed E-state index contributed by atoms with van der Waals surface area (Å²) in [5.74, 6) is 0. The molecule has 0 aliphatic rings. The van der Waals surface area contributed by atoms with Crippen molar-refractivity contribution in [3.8, 4) is 0 Å². The van der Waals surface area contributed by atoms with Crippen LogP contribution in [-0.4, -0.2) is 25.7 Å². The van der Waals surface area contributed by atoms with Gasteiger partial charge in [0, 0.05) is 18.7 Å². The Labute approximate surface area is 125 Å². The fourth-order valence-corrected chi connectivity index (χ4v) is 3.14. The van der Waals surface area contributed by atoms with E-state index in [1.54, 1.807) is 7.05 Å². The number of nitrogens with zero attached hydrogens (tertiary/aromatic N) is 1. The molecule has 7 heteroatoms. The van der Waals surface area contributed by atoms with E-state index in [-0.39, 0.29) is 11.6 Å². The number of hydrogen-bond acceptors (Lipinski definition) is 4. The molecule has 0 fully saturated rings. The third-order valence-electron chi connectivity index (χ3n) is 3.21. The average Bonchev–Trinajstić information content (AvgIpc) is 2.95. The van der Waals surface area contributed by atoms with Crippen LogP contribution in [-0.2, 0) is 29.5 Å². The van der Waals surface area contributed by atoms with Crippen LogP contribution in [0.5, 0.6) is 0 Å². The highest BCUT2D eigenvalue weighted by Gasteiger charge is 2.20. The van der Waals surface area contributed by atoms with Crippen LogP contribution in [0.1, 0.15) is 23.6 Å². The van der Waals surface area contributed by atoms with Crippen LogP contribution < -0.4 is 10.0 Å². The molecule has 3 N–H and O–H groups in total.